The Morgan fingerprint density at radius 2 is 1.88 bits per heavy atom. The molecule has 0 amide bonds. The van der Waals surface area contributed by atoms with Crippen LogP contribution < -0.4 is 4.74 Å². The highest BCUT2D eigenvalue weighted by Crippen LogP contribution is 2.26. The maximum Gasteiger partial charge on any atom is 0.118 e. The maximum absolute atomic E-state index is 8.70. The smallest absolute Gasteiger partial charge is 0.118 e. The monoisotopic (exact) mass is 233 g/mol. The van der Waals surface area contributed by atoms with E-state index in [-0.39, 0.29) is 0 Å². The van der Waals surface area contributed by atoms with Gasteiger partial charge in [-0.2, -0.15) is 0 Å². The minimum Gasteiger partial charge on any atom is -0.497 e. The van der Waals surface area contributed by atoms with Crippen LogP contribution in [-0.4, -0.2) is 18.0 Å². The van der Waals surface area contributed by atoms with Crippen molar-refractivity contribution in [2.75, 3.05) is 7.11 Å². The molecule has 0 radical (unpaired) electrons. The summed E-state index contributed by atoms with van der Waals surface area (Å²) in [6.07, 6.45) is 5.26. The summed E-state index contributed by atoms with van der Waals surface area (Å²) in [6, 6.07) is 8.29. The molecule has 1 aliphatic carbocycles. The van der Waals surface area contributed by atoms with Crippen LogP contribution >= 0.6 is 0 Å². The van der Waals surface area contributed by atoms with Crippen molar-refractivity contribution >= 4 is 5.71 Å². The summed E-state index contributed by atoms with van der Waals surface area (Å²) in [7, 11) is 1.69. The van der Waals surface area contributed by atoms with Gasteiger partial charge in [0, 0.05) is 0 Å². The van der Waals surface area contributed by atoms with Crippen LogP contribution in [0, 0.1) is 5.92 Å². The first-order valence-electron chi connectivity index (χ1n) is 6.14. The Bertz CT molecular complexity index is 374. The SMILES string of the molecule is COc1ccc(CC2CCC(=NO)CC2)cc1. The third kappa shape index (κ3) is 3.22. The van der Waals surface area contributed by atoms with Crippen molar-refractivity contribution in [3.8, 4) is 5.75 Å². The summed E-state index contributed by atoms with van der Waals surface area (Å²) in [4.78, 5) is 0. The number of ether oxygens (including phenoxy) is 1. The minimum absolute atomic E-state index is 0.717. The largest absolute Gasteiger partial charge is 0.497 e. The number of hydrogen-bond donors (Lipinski definition) is 1. The first-order valence-corrected chi connectivity index (χ1v) is 6.14. The van der Waals surface area contributed by atoms with Crippen molar-refractivity contribution in [2.45, 2.75) is 32.1 Å². The number of benzene rings is 1. The molecule has 0 spiro atoms. The fourth-order valence-corrected chi connectivity index (χ4v) is 2.41. The van der Waals surface area contributed by atoms with Gasteiger partial charge < -0.3 is 9.94 Å². The Balaban J connectivity index is 1.88. The average Bonchev–Trinajstić information content (AvgIpc) is 2.40. The third-order valence-electron chi connectivity index (χ3n) is 3.51. The van der Waals surface area contributed by atoms with Gasteiger partial charge in [0.2, 0.25) is 0 Å². The van der Waals surface area contributed by atoms with Gasteiger partial charge in [0.1, 0.15) is 5.75 Å². The fraction of sp³-hybridized carbons (Fsp3) is 0.500. The van der Waals surface area contributed by atoms with E-state index in [4.69, 9.17) is 9.94 Å². The number of hydrogen-bond acceptors (Lipinski definition) is 3. The van der Waals surface area contributed by atoms with Crippen LogP contribution in [0.25, 0.3) is 0 Å². The number of oxime groups is 1. The Kier molecular flexibility index (Phi) is 4.02. The van der Waals surface area contributed by atoms with Gasteiger partial charge in [-0.1, -0.05) is 17.3 Å². The highest BCUT2D eigenvalue weighted by atomic mass is 16.5. The van der Waals surface area contributed by atoms with Gasteiger partial charge in [-0.05, 0) is 55.7 Å². The van der Waals surface area contributed by atoms with Gasteiger partial charge >= 0.3 is 0 Å². The molecule has 92 valence electrons. The molecule has 0 saturated heterocycles. The molecule has 1 aromatic carbocycles. The van der Waals surface area contributed by atoms with E-state index in [1.54, 1.807) is 7.11 Å². The van der Waals surface area contributed by atoms with Crippen molar-refractivity contribution in [1.29, 1.82) is 0 Å². The lowest BCUT2D eigenvalue weighted by atomic mass is 9.84. The van der Waals surface area contributed by atoms with E-state index in [9.17, 15) is 0 Å². The molecule has 2 rings (SSSR count). The summed E-state index contributed by atoms with van der Waals surface area (Å²) in [6.45, 7) is 0. The van der Waals surface area contributed by atoms with E-state index in [1.807, 2.05) is 12.1 Å². The predicted molar refractivity (Wildman–Crippen MR) is 67.9 cm³/mol. The molecule has 0 unspecified atom stereocenters. The van der Waals surface area contributed by atoms with Gasteiger partial charge in [-0.3, -0.25) is 0 Å². The van der Waals surface area contributed by atoms with Crippen molar-refractivity contribution < 1.29 is 9.94 Å². The topological polar surface area (TPSA) is 41.8 Å². The fourth-order valence-electron chi connectivity index (χ4n) is 2.41. The zero-order valence-corrected chi connectivity index (χ0v) is 10.2. The summed E-state index contributed by atoms with van der Waals surface area (Å²) in [5.41, 5.74) is 2.32. The van der Waals surface area contributed by atoms with E-state index in [0.717, 1.165) is 43.6 Å². The Morgan fingerprint density at radius 3 is 2.41 bits per heavy atom. The lowest BCUT2D eigenvalue weighted by Crippen LogP contribution is -2.16. The van der Waals surface area contributed by atoms with Gasteiger partial charge in [0.25, 0.3) is 0 Å². The standard InChI is InChI=1S/C14H19NO2/c1-17-14-8-4-12(5-9-14)10-11-2-6-13(15-16)7-3-11/h4-5,8-9,11,16H,2-3,6-7,10H2,1H3. The van der Waals surface area contributed by atoms with Crippen molar-refractivity contribution in [3.63, 3.8) is 0 Å². The lowest BCUT2D eigenvalue weighted by molar-refractivity contribution is 0.310. The number of rotatable bonds is 3. The number of methoxy groups -OCH3 is 1. The van der Waals surface area contributed by atoms with Gasteiger partial charge in [0.15, 0.2) is 0 Å². The molecule has 1 aromatic rings. The molecule has 0 heterocycles. The van der Waals surface area contributed by atoms with Crippen molar-refractivity contribution in [2.24, 2.45) is 11.1 Å². The van der Waals surface area contributed by atoms with Gasteiger partial charge in [0.05, 0.1) is 12.8 Å². The molecule has 1 N–H and O–H groups in total. The molecule has 1 aliphatic rings. The summed E-state index contributed by atoms with van der Waals surface area (Å²) in [5, 5.41) is 12.0. The molecule has 0 aromatic heterocycles. The van der Waals surface area contributed by atoms with E-state index in [2.05, 4.69) is 17.3 Å². The van der Waals surface area contributed by atoms with E-state index < -0.39 is 0 Å². The lowest BCUT2D eigenvalue weighted by Gasteiger charge is -2.22. The van der Waals surface area contributed by atoms with E-state index >= 15 is 0 Å². The second-order valence-electron chi connectivity index (χ2n) is 4.66. The molecular formula is C14H19NO2. The number of nitrogens with zero attached hydrogens (tertiary/aromatic N) is 1. The van der Waals surface area contributed by atoms with Crippen LogP contribution in [0.5, 0.6) is 5.75 Å². The average molecular weight is 233 g/mol. The first-order chi connectivity index (χ1) is 8.31. The zero-order chi connectivity index (χ0) is 12.1. The minimum atomic E-state index is 0.717. The van der Waals surface area contributed by atoms with Gasteiger partial charge in [-0.15, -0.1) is 0 Å². The highest BCUT2D eigenvalue weighted by Gasteiger charge is 2.18. The van der Waals surface area contributed by atoms with Crippen LogP contribution in [0.4, 0.5) is 0 Å². The Labute approximate surface area is 102 Å². The van der Waals surface area contributed by atoms with E-state index in [0.29, 0.717) is 5.92 Å². The van der Waals surface area contributed by atoms with Crippen LogP contribution in [0.15, 0.2) is 29.4 Å². The van der Waals surface area contributed by atoms with Gasteiger partial charge in [-0.25, -0.2) is 0 Å². The highest BCUT2D eigenvalue weighted by molar-refractivity contribution is 5.84. The van der Waals surface area contributed by atoms with Crippen LogP contribution in [-0.2, 0) is 6.42 Å². The molecule has 0 atom stereocenters. The van der Waals surface area contributed by atoms with Crippen LogP contribution in [0.2, 0.25) is 0 Å². The summed E-state index contributed by atoms with van der Waals surface area (Å²) < 4.78 is 5.14. The Hall–Kier alpha value is -1.51. The van der Waals surface area contributed by atoms with Crippen molar-refractivity contribution in [1.82, 2.24) is 0 Å². The molecule has 1 fully saturated rings. The third-order valence-corrected chi connectivity index (χ3v) is 3.51. The van der Waals surface area contributed by atoms with E-state index in [1.165, 1.54) is 5.56 Å². The Morgan fingerprint density at radius 1 is 1.24 bits per heavy atom. The molecule has 3 nitrogen and oxygen atoms in total. The van der Waals surface area contributed by atoms with Crippen LogP contribution in [0.1, 0.15) is 31.2 Å². The molecule has 0 aliphatic heterocycles. The first kappa shape index (κ1) is 12.0. The van der Waals surface area contributed by atoms with Crippen LogP contribution in [0.3, 0.4) is 0 Å². The maximum atomic E-state index is 8.70. The summed E-state index contributed by atoms with van der Waals surface area (Å²) in [5.74, 6) is 1.63. The molecule has 0 bridgehead atoms. The molecule has 1 saturated carbocycles. The second-order valence-corrected chi connectivity index (χ2v) is 4.66. The normalized spacial score (nSPS) is 20.1. The quantitative estimate of drug-likeness (QED) is 0.643. The summed E-state index contributed by atoms with van der Waals surface area (Å²) >= 11 is 0. The predicted octanol–water partition coefficient (Wildman–Crippen LogP) is 3.26. The second kappa shape index (κ2) is 5.71. The van der Waals surface area contributed by atoms with Crippen molar-refractivity contribution in [3.05, 3.63) is 29.8 Å². The molecular weight excluding hydrogens is 214 g/mol. The molecule has 3 heteroatoms. The zero-order valence-electron chi connectivity index (χ0n) is 10.2. The molecule has 17 heavy (non-hydrogen) atoms.